The van der Waals surface area contributed by atoms with E-state index in [1.807, 2.05) is 17.5 Å². The second-order valence-corrected chi connectivity index (χ2v) is 6.00. The number of halogens is 3. The van der Waals surface area contributed by atoms with Crippen molar-refractivity contribution in [3.05, 3.63) is 57.8 Å². The molecule has 1 unspecified atom stereocenters. The van der Waals surface area contributed by atoms with Crippen LogP contribution in [0.15, 0.2) is 41.8 Å². The van der Waals surface area contributed by atoms with Crippen molar-refractivity contribution in [3.63, 3.8) is 0 Å². The number of rotatable bonds is 5. The van der Waals surface area contributed by atoms with Crippen LogP contribution in [0.5, 0.6) is 0 Å². The van der Waals surface area contributed by atoms with Gasteiger partial charge in [-0.05, 0) is 30.0 Å². The van der Waals surface area contributed by atoms with Crippen LogP contribution in [0.3, 0.4) is 0 Å². The van der Waals surface area contributed by atoms with Gasteiger partial charge >= 0.3 is 6.18 Å². The summed E-state index contributed by atoms with van der Waals surface area (Å²) in [5.74, 6) is 0. The van der Waals surface area contributed by atoms with E-state index in [0.717, 1.165) is 17.0 Å². The highest BCUT2D eigenvalue weighted by molar-refractivity contribution is 7.10. The number of alkyl halides is 3. The van der Waals surface area contributed by atoms with Gasteiger partial charge in [-0.1, -0.05) is 24.3 Å². The summed E-state index contributed by atoms with van der Waals surface area (Å²) in [4.78, 5) is 0.819. The second kappa shape index (κ2) is 6.17. The van der Waals surface area contributed by atoms with Gasteiger partial charge in [0.15, 0.2) is 0 Å². The third-order valence-electron chi connectivity index (χ3n) is 3.10. The molecular weight excluding hydrogens is 299 g/mol. The van der Waals surface area contributed by atoms with Crippen molar-refractivity contribution < 1.29 is 18.3 Å². The third kappa shape index (κ3) is 4.30. The lowest BCUT2D eigenvalue weighted by Gasteiger charge is -2.22. The first kappa shape index (κ1) is 16.0. The van der Waals surface area contributed by atoms with Crippen LogP contribution in [0.2, 0.25) is 0 Å². The summed E-state index contributed by atoms with van der Waals surface area (Å²) in [6.07, 6.45) is -4.33. The van der Waals surface area contributed by atoms with Crippen LogP contribution in [0.25, 0.3) is 0 Å². The fraction of sp³-hybridized carbons (Fsp3) is 0.333. The molecule has 0 radical (unpaired) electrons. The first-order valence-corrected chi connectivity index (χ1v) is 7.30. The largest absolute Gasteiger partial charge is 0.416 e. The van der Waals surface area contributed by atoms with Crippen molar-refractivity contribution in [1.29, 1.82) is 0 Å². The van der Waals surface area contributed by atoms with E-state index in [9.17, 15) is 18.3 Å². The van der Waals surface area contributed by atoms with Crippen LogP contribution in [0.4, 0.5) is 13.2 Å². The number of hydrogen-bond donors (Lipinski definition) is 2. The average Bonchev–Trinajstić information content (AvgIpc) is 2.92. The van der Waals surface area contributed by atoms with Crippen molar-refractivity contribution in [3.8, 4) is 0 Å². The first-order chi connectivity index (χ1) is 9.79. The van der Waals surface area contributed by atoms with Crippen molar-refractivity contribution in [1.82, 2.24) is 5.32 Å². The topological polar surface area (TPSA) is 32.3 Å². The van der Waals surface area contributed by atoms with Gasteiger partial charge in [0.25, 0.3) is 0 Å². The Morgan fingerprint density at radius 1 is 1.19 bits per heavy atom. The molecule has 2 rings (SSSR count). The average molecular weight is 315 g/mol. The van der Waals surface area contributed by atoms with E-state index in [0.29, 0.717) is 5.56 Å². The Labute approximate surface area is 125 Å². The maximum atomic E-state index is 12.6. The molecule has 2 N–H and O–H groups in total. The molecule has 0 aliphatic rings. The van der Waals surface area contributed by atoms with Gasteiger partial charge in [-0.15, -0.1) is 11.3 Å². The molecule has 6 heteroatoms. The molecule has 0 aliphatic heterocycles. The van der Waals surface area contributed by atoms with E-state index in [1.54, 1.807) is 13.0 Å². The molecule has 21 heavy (non-hydrogen) atoms. The van der Waals surface area contributed by atoms with E-state index >= 15 is 0 Å². The quantitative estimate of drug-likeness (QED) is 0.880. The van der Waals surface area contributed by atoms with Crippen LogP contribution in [-0.2, 0) is 18.3 Å². The zero-order chi connectivity index (χ0) is 15.5. The highest BCUT2D eigenvalue weighted by Crippen LogP contribution is 2.29. The van der Waals surface area contributed by atoms with Crippen molar-refractivity contribution in [2.75, 3.05) is 6.54 Å². The Kier molecular flexibility index (Phi) is 4.70. The summed E-state index contributed by atoms with van der Waals surface area (Å²) in [5, 5.41) is 15.2. The Bertz CT molecular complexity index is 579. The molecule has 114 valence electrons. The first-order valence-electron chi connectivity index (χ1n) is 6.42. The van der Waals surface area contributed by atoms with E-state index in [2.05, 4.69) is 5.32 Å². The predicted octanol–water partition coefficient (Wildman–Crippen LogP) is 3.76. The van der Waals surface area contributed by atoms with Crippen molar-refractivity contribution in [2.45, 2.75) is 25.2 Å². The van der Waals surface area contributed by atoms with Crippen LogP contribution in [0, 0.1) is 0 Å². The van der Waals surface area contributed by atoms with Crippen molar-refractivity contribution >= 4 is 11.3 Å². The molecule has 2 aromatic rings. The second-order valence-electron chi connectivity index (χ2n) is 5.05. The van der Waals surface area contributed by atoms with E-state index in [-0.39, 0.29) is 13.1 Å². The molecule has 1 aromatic heterocycles. The fourth-order valence-corrected chi connectivity index (χ4v) is 2.77. The Balaban J connectivity index is 1.95. The zero-order valence-electron chi connectivity index (χ0n) is 11.4. The van der Waals surface area contributed by atoms with E-state index in [4.69, 9.17) is 0 Å². The number of benzene rings is 1. The smallest absolute Gasteiger partial charge is 0.383 e. The van der Waals surface area contributed by atoms with E-state index < -0.39 is 17.3 Å². The van der Waals surface area contributed by atoms with Gasteiger partial charge in [0.2, 0.25) is 0 Å². The highest BCUT2D eigenvalue weighted by Gasteiger charge is 2.30. The molecule has 2 nitrogen and oxygen atoms in total. The summed E-state index contributed by atoms with van der Waals surface area (Å²) < 4.78 is 37.8. The molecule has 0 aliphatic carbocycles. The van der Waals surface area contributed by atoms with Crippen molar-refractivity contribution in [2.24, 2.45) is 0 Å². The number of thiophene rings is 1. The van der Waals surface area contributed by atoms with Crippen LogP contribution >= 0.6 is 11.3 Å². The predicted molar refractivity (Wildman–Crippen MR) is 77.0 cm³/mol. The lowest BCUT2D eigenvalue weighted by atomic mass is 10.0. The van der Waals surface area contributed by atoms with Gasteiger partial charge in [-0.2, -0.15) is 13.2 Å². The summed E-state index contributed by atoms with van der Waals surface area (Å²) in [7, 11) is 0. The van der Waals surface area contributed by atoms with Gasteiger partial charge in [-0.25, -0.2) is 0 Å². The minimum absolute atomic E-state index is 0.268. The van der Waals surface area contributed by atoms with E-state index in [1.165, 1.54) is 17.4 Å². The lowest BCUT2D eigenvalue weighted by Crippen LogP contribution is -2.34. The SMILES string of the molecule is CC(O)(CNCc1cccc(C(F)(F)F)c1)c1cccs1. The molecule has 0 bridgehead atoms. The maximum Gasteiger partial charge on any atom is 0.416 e. The monoisotopic (exact) mass is 315 g/mol. The minimum Gasteiger partial charge on any atom is -0.383 e. The van der Waals surface area contributed by atoms with Crippen LogP contribution in [0.1, 0.15) is 22.9 Å². The zero-order valence-corrected chi connectivity index (χ0v) is 12.3. The number of aliphatic hydroxyl groups is 1. The molecule has 0 fully saturated rings. The lowest BCUT2D eigenvalue weighted by molar-refractivity contribution is -0.137. The third-order valence-corrected chi connectivity index (χ3v) is 4.23. The molecule has 0 amide bonds. The molecule has 1 atom stereocenters. The molecule has 0 saturated carbocycles. The molecule has 0 spiro atoms. The summed E-state index contributed by atoms with van der Waals surface area (Å²) >= 11 is 1.44. The highest BCUT2D eigenvalue weighted by atomic mass is 32.1. The number of nitrogens with one attached hydrogen (secondary N) is 1. The normalized spacial score (nSPS) is 14.9. The standard InChI is InChI=1S/C15H16F3NOS/c1-14(20,13-6-3-7-21-13)10-19-9-11-4-2-5-12(8-11)15(16,17)18/h2-8,19-20H,9-10H2,1H3. The van der Waals surface area contributed by atoms with Crippen LogP contribution < -0.4 is 5.32 Å². The maximum absolute atomic E-state index is 12.6. The van der Waals surface area contributed by atoms with Gasteiger partial charge in [0.05, 0.1) is 5.56 Å². The Morgan fingerprint density at radius 3 is 2.57 bits per heavy atom. The molecule has 0 saturated heterocycles. The van der Waals surface area contributed by atoms with Gasteiger partial charge < -0.3 is 10.4 Å². The summed E-state index contributed by atoms with van der Waals surface area (Å²) in [5.41, 5.74) is -1.16. The fourth-order valence-electron chi connectivity index (χ4n) is 1.98. The Hall–Kier alpha value is -1.37. The minimum atomic E-state index is -4.33. The van der Waals surface area contributed by atoms with Gasteiger partial charge in [0.1, 0.15) is 5.60 Å². The van der Waals surface area contributed by atoms with Crippen LogP contribution in [-0.4, -0.2) is 11.7 Å². The molecular formula is C15H16F3NOS. The molecule has 1 aromatic carbocycles. The van der Waals surface area contributed by atoms with Gasteiger partial charge in [0, 0.05) is 18.0 Å². The number of hydrogen-bond acceptors (Lipinski definition) is 3. The van der Waals surface area contributed by atoms with Gasteiger partial charge in [-0.3, -0.25) is 0 Å². The Morgan fingerprint density at radius 2 is 1.95 bits per heavy atom. The summed E-state index contributed by atoms with van der Waals surface area (Å²) in [6, 6.07) is 8.86. The summed E-state index contributed by atoms with van der Waals surface area (Å²) in [6.45, 7) is 2.22. The molecule has 1 heterocycles.